The van der Waals surface area contributed by atoms with Crippen molar-refractivity contribution in [3.8, 4) is 5.75 Å². The van der Waals surface area contributed by atoms with E-state index < -0.39 is 11.5 Å². The Labute approximate surface area is 128 Å². The van der Waals surface area contributed by atoms with Gasteiger partial charge in [0.25, 0.3) is 11.5 Å². The SMILES string of the molecule is CCCCn1c(=O)c(C(=O)NCCO)c(O)c2ccccc21. The molecule has 118 valence electrons. The minimum Gasteiger partial charge on any atom is -0.506 e. The van der Waals surface area contributed by atoms with Gasteiger partial charge in [0.05, 0.1) is 12.1 Å². The van der Waals surface area contributed by atoms with Gasteiger partial charge in [-0.15, -0.1) is 0 Å². The van der Waals surface area contributed by atoms with Crippen LogP contribution in [0.4, 0.5) is 0 Å². The Kier molecular flexibility index (Phi) is 5.16. The Morgan fingerprint density at radius 1 is 1.32 bits per heavy atom. The van der Waals surface area contributed by atoms with Gasteiger partial charge in [-0.2, -0.15) is 0 Å². The number of aryl methyl sites for hydroxylation is 1. The highest BCUT2D eigenvalue weighted by Gasteiger charge is 2.21. The first-order valence-electron chi connectivity index (χ1n) is 7.35. The fourth-order valence-electron chi connectivity index (χ4n) is 2.39. The quantitative estimate of drug-likeness (QED) is 0.748. The van der Waals surface area contributed by atoms with Crippen molar-refractivity contribution in [3.05, 3.63) is 40.2 Å². The molecule has 0 unspecified atom stereocenters. The molecule has 3 N–H and O–H groups in total. The number of hydrogen-bond donors (Lipinski definition) is 3. The molecular weight excluding hydrogens is 284 g/mol. The maximum atomic E-state index is 12.6. The van der Waals surface area contributed by atoms with E-state index >= 15 is 0 Å². The summed E-state index contributed by atoms with van der Waals surface area (Å²) in [4.78, 5) is 24.7. The molecule has 2 aromatic rings. The number of aromatic hydroxyl groups is 1. The molecule has 0 aliphatic rings. The monoisotopic (exact) mass is 304 g/mol. The van der Waals surface area contributed by atoms with E-state index in [-0.39, 0.29) is 24.5 Å². The third kappa shape index (κ3) is 2.96. The Morgan fingerprint density at radius 3 is 2.73 bits per heavy atom. The van der Waals surface area contributed by atoms with E-state index in [4.69, 9.17) is 5.11 Å². The van der Waals surface area contributed by atoms with Gasteiger partial charge < -0.3 is 20.1 Å². The van der Waals surface area contributed by atoms with Crippen LogP contribution in [0.5, 0.6) is 5.75 Å². The first-order valence-corrected chi connectivity index (χ1v) is 7.35. The maximum absolute atomic E-state index is 12.6. The van der Waals surface area contributed by atoms with Crippen LogP contribution in [0.15, 0.2) is 29.1 Å². The second-order valence-corrected chi connectivity index (χ2v) is 5.03. The fourth-order valence-corrected chi connectivity index (χ4v) is 2.39. The molecule has 0 aliphatic carbocycles. The Hall–Kier alpha value is -2.34. The third-order valence-electron chi connectivity index (χ3n) is 3.51. The maximum Gasteiger partial charge on any atom is 0.267 e. The minimum atomic E-state index is -0.674. The predicted molar refractivity (Wildman–Crippen MR) is 84.2 cm³/mol. The summed E-state index contributed by atoms with van der Waals surface area (Å²) in [6, 6.07) is 6.96. The number of carbonyl (C=O) groups excluding carboxylic acids is 1. The van der Waals surface area contributed by atoms with Gasteiger partial charge in [0.1, 0.15) is 11.3 Å². The molecule has 6 nitrogen and oxygen atoms in total. The van der Waals surface area contributed by atoms with Crippen molar-refractivity contribution in [2.75, 3.05) is 13.2 Å². The van der Waals surface area contributed by atoms with Crippen molar-refractivity contribution < 1.29 is 15.0 Å². The number of hydrogen-bond acceptors (Lipinski definition) is 4. The second-order valence-electron chi connectivity index (χ2n) is 5.03. The third-order valence-corrected chi connectivity index (χ3v) is 3.51. The number of para-hydroxylation sites is 1. The van der Waals surface area contributed by atoms with Crippen molar-refractivity contribution in [1.29, 1.82) is 0 Å². The first-order chi connectivity index (χ1) is 10.6. The summed E-state index contributed by atoms with van der Waals surface area (Å²) >= 11 is 0. The van der Waals surface area contributed by atoms with Gasteiger partial charge in [0.2, 0.25) is 0 Å². The molecule has 1 aromatic carbocycles. The molecule has 0 saturated heterocycles. The van der Waals surface area contributed by atoms with E-state index in [0.29, 0.717) is 17.4 Å². The lowest BCUT2D eigenvalue weighted by molar-refractivity contribution is 0.0940. The van der Waals surface area contributed by atoms with Crippen molar-refractivity contribution in [3.63, 3.8) is 0 Å². The Morgan fingerprint density at radius 2 is 2.05 bits per heavy atom. The van der Waals surface area contributed by atoms with Crippen LogP contribution in [0.25, 0.3) is 10.9 Å². The van der Waals surface area contributed by atoms with Crippen LogP contribution >= 0.6 is 0 Å². The predicted octanol–water partition coefficient (Wildman–Crippen LogP) is 1.23. The van der Waals surface area contributed by atoms with E-state index in [0.717, 1.165) is 12.8 Å². The number of amides is 1. The smallest absolute Gasteiger partial charge is 0.267 e. The average molecular weight is 304 g/mol. The molecule has 0 aliphatic heterocycles. The Bertz CT molecular complexity index is 737. The molecule has 1 aromatic heterocycles. The number of carbonyl (C=O) groups is 1. The number of unbranched alkanes of at least 4 members (excludes halogenated alkanes) is 1. The number of aromatic nitrogens is 1. The van der Waals surface area contributed by atoms with E-state index in [1.807, 2.05) is 6.92 Å². The number of aliphatic hydroxyl groups is 1. The highest BCUT2D eigenvalue weighted by molar-refractivity contribution is 6.02. The van der Waals surface area contributed by atoms with Crippen LogP contribution in [0.3, 0.4) is 0 Å². The summed E-state index contributed by atoms with van der Waals surface area (Å²) < 4.78 is 1.52. The highest BCUT2D eigenvalue weighted by Crippen LogP contribution is 2.26. The van der Waals surface area contributed by atoms with E-state index in [1.165, 1.54) is 4.57 Å². The summed E-state index contributed by atoms with van der Waals surface area (Å²) in [5, 5.41) is 22.0. The molecular formula is C16H20N2O4. The van der Waals surface area contributed by atoms with E-state index in [2.05, 4.69) is 5.32 Å². The van der Waals surface area contributed by atoms with E-state index in [1.54, 1.807) is 24.3 Å². The largest absolute Gasteiger partial charge is 0.506 e. The van der Waals surface area contributed by atoms with Crippen LogP contribution < -0.4 is 10.9 Å². The van der Waals surface area contributed by atoms with Crippen LogP contribution in [0, 0.1) is 0 Å². The summed E-state index contributed by atoms with van der Waals surface area (Å²) in [6.07, 6.45) is 1.71. The van der Waals surface area contributed by atoms with Crippen molar-refractivity contribution in [2.24, 2.45) is 0 Å². The van der Waals surface area contributed by atoms with Gasteiger partial charge in [0, 0.05) is 18.5 Å². The van der Waals surface area contributed by atoms with Crippen LogP contribution in [0.2, 0.25) is 0 Å². The number of pyridine rings is 1. The summed E-state index contributed by atoms with van der Waals surface area (Å²) in [6.45, 7) is 2.29. The van der Waals surface area contributed by atoms with Crippen molar-refractivity contribution in [1.82, 2.24) is 9.88 Å². The molecule has 1 heterocycles. The lowest BCUT2D eigenvalue weighted by atomic mass is 10.1. The summed E-state index contributed by atoms with van der Waals surface area (Å²) in [5.41, 5.74) is -0.180. The number of nitrogens with one attached hydrogen (secondary N) is 1. The number of fused-ring (bicyclic) bond motifs is 1. The zero-order valence-corrected chi connectivity index (χ0v) is 12.5. The highest BCUT2D eigenvalue weighted by atomic mass is 16.3. The fraction of sp³-hybridized carbons (Fsp3) is 0.375. The molecule has 0 bridgehead atoms. The normalized spacial score (nSPS) is 10.8. The summed E-state index contributed by atoms with van der Waals surface area (Å²) in [5.74, 6) is -0.990. The number of aliphatic hydroxyl groups excluding tert-OH is 1. The Balaban J connectivity index is 2.65. The van der Waals surface area contributed by atoms with Gasteiger partial charge in [0.15, 0.2) is 0 Å². The zero-order chi connectivity index (χ0) is 16.1. The minimum absolute atomic E-state index is 0.0273. The zero-order valence-electron chi connectivity index (χ0n) is 12.5. The molecule has 0 spiro atoms. The molecule has 0 atom stereocenters. The molecule has 0 radical (unpaired) electrons. The van der Waals surface area contributed by atoms with Crippen LogP contribution in [-0.4, -0.2) is 33.8 Å². The topological polar surface area (TPSA) is 91.6 Å². The summed E-state index contributed by atoms with van der Waals surface area (Å²) in [7, 11) is 0. The standard InChI is InChI=1S/C16H20N2O4/c1-2-3-9-18-12-7-5-4-6-11(12)14(20)13(16(18)22)15(21)17-8-10-19/h4-7,19-20H,2-3,8-10H2,1H3,(H,17,21). The van der Waals surface area contributed by atoms with Gasteiger partial charge in [-0.25, -0.2) is 0 Å². The molecule has 22 heavy (non-hydrogen) atoms. The van der Waals surface area contributed by atoms with E-state index in [9.17, 15) is 14.7 Å². The molecule has 0 saturated carbocycles. The number of benzene rings is 1. The van der Waals surface area contributed by atoms with Crippen molar-refractivity contribution >= 4 is 16.8 Å². The first kappa shape index (κ1) is 16.0. The molecule has 2 rings (SSSR count). The lowest BCUT2D eigenvalue weighted by Gasteiger charge is -2.14. The average Bonchev–Trinajstić information content (AvgIpc) is 2.53. The van der Waals surface area contributed by atoms with Crippen molar-refractivity contribution in [2.45, 2.75) is 26.3 Å². The second kappa shape index (κ2) is 7.09. The van der Waals surface area contributed by atoms with Gasteiger partial charge in [-0.3, -0.25) is 9.59 Å². The van der Waals surface area contributed by atoms with Gasteiger partial charge in [-0.05, 0) is 18.6 Å². The van der Waals surface area contributed by atoms with Crippen LogP contribution in [-0.2, 0) is 6.54 Å². The molecule has 1 amide bonds. The number of nitrogens with zero attached hydrogens (tertiary/aromatic N) is 1. The van der Waals surface area contributed by atoms with Gasteiger partial charge in [-0.1, -0.05) is 25.5 Å². The number of rotatable bonds is 6. The van der Waals surface area contributed by atoms with Gasteiger partial charge >= 0.3 is 0 Å². The lowest BCUT2D eigenvalue weighted by Crippen LogP contribution is -2.34. The van der Waals surface area contributed by atoms with Crippen LogP contribution in [0.1, 0.15) is 30.1 Å². The molecule has 6 heteroatoms. The molecule has 0 fully saturated rings.